The van der Waals surface area contributed by atoms with E-state index in [-0.39, 0.29) is 11.6 Å². The van der Waals surface area contributed by atoms with Gasteiger partial charge in [-0.05, 0) is 59.3 Å². The predicted molar refractivity (Wildman–Crippen MR) is 104 cm³/mol. The van der Waals surface area contributed by atoms with Gasteiger partial charge in [0, 0.05) is 31.7 Å². The van der Waals surface area contributed by atoms with Crippen LogP contribution < -0.4 is 0 Å². The van der Waals surface area contributed by atoms with Gasteiger partial charge in [-0.3, -0.25) is 4.90 Å². The Balaban J connectivity index is 1.71. The Bertz CT molecular complexity index is 595. The molecule has 1 aromatic rings. The Morgan fingerprint density at radius 2 is 1.54 bits per heavy atom. The number of benzene rings is 1. The number of hydrogen-bond donors (Lipinski definition) is 0. The highest BCUT2D eigenvalue weighted by Crippen LogP contribution is 2.39. The van der Waals surface area contributed by atoms with Crippen LogP contribution in [-0.2, 0) is 10.3 Å². The number of likely N-dealkylation sites (tertiary alicyclic amines) is 1. The van der Waals surface area contributed by atoms with Gasteiger partial charge in [-0.25, -0.2) is 4.79 Å². The molecule has 0 spiro atoms. The Labute approximate surface area is 157 Å². The van der Waals surface area contributed by atoms with E-state index >= 15 is 0 Å². The van der Waals surface area contributed by atoms with E-state index in [1.807, 2.05) is 25.7 Å². The summed E-state index contributed by atoms with van der Waals surface area (Å²) in [7, 11) is 2.20. The quantitative estimate of drug-likeness (QED) is 0.813. The molecule has 5 nitrogen and oxygen atoms in total. The smallest absolute Gasteiger partial charge is 0.410 e. The lowest BCUT2D eigenvalue weighted by molar-refractivity contribution is -0.0234. The Kier molecular flexibility index (Phi) is 5.58. The van der Waals surface area contributed by atoms with Gasteiger partial charge in [-0.15, -0.1) is 0 Å². The molecule has 5 heteroatoms. The van der Waals surface area contributed by atoms with E-state index < -0.39 is 5.60 Å². The fourth-order valence-electron chi connectivity index (χ4n) is 4.17. The van der Waals surface area contributed by atoms with E-state index in [9.17, 15) is 4.79 Å². The zero-order valence-corrected chi connectivity index (χ0v) is 16.7. The number of piperazine rings is 1. The third-order valence-corrected chi connectivity index (χ3v) is 5.66. The number of hydrogen-bond acceptors (Lipinski definition) is 4. The minimum absolute atomic E-state index is 0.0911. The third-order valence-electron chi connectivity index (χ3n) is 5.66. The molecule has 3 rings (SSSR count). The van der Waals surface area contributed by atoms with Crippen LogP contribution in [0.4, 0.5) is 4.79 Å². The molecule has 2 aliphatic heterocycles. The van der Waals surface area contributed by atoms with Crippen LogP contribution in [-0.4, -0.2) is 72.7 Å². The van der Waals surface area contributed by atoms with Crippen molar-refractivity contribution in [1.82, 2.24) is 14.7 Å². The lowest BCUT2D eigenvalue weighted by atomic mass is 9.79. The van der Waals surface area contributed by atoms with Crippen molar-refractivity contribution in [3.63, 3.8) is 0 Å². The van der Waals surface area contributed by atoms with Crippen molar-refractivity contribution >= 4 is 6.09 Å². The molecular weight excluding hydrogens is 326 g/mol. The van der Waals surface area contributed by atoms with Gasteiger partial charge in [0.05, 0.1) is 0 Å². The molecule has 0 N–H and O–H groups in total. The van der Waals surface area contributed by atoms with Crippen molar-refractivity contribution in [3.05, 3.63) is 35.9 Å². The standard InChI is InChI=1S/C21H33N3O2/c1-20(2,3)26-19(25)23-14-16-24(17-15-23)21(10-12-22(4)13-11-21)18-8-6-5-7-9-18/h5-9H,10-17H2,1-4H3. The molecule has 2 aliphatic rings. The first-order valence-corrected chi connectivity index (χ1v) is 9.77. The topological polar surface area (TPSA) is 36.0 Å². The minimum Gasteiger partial charge on any atom is -0.444 e. The first kappa shape index (κ1) is 19.2. The van der Waals surface area contributed by atoms with Crippen molar-refractivity contribution in [3.8, 4) is 0 Å². The van der Waals surface area contributed by atoms with Crippen molar-refractivity contribution < 1.29 is 9.53 Å². The zero-order chi connectivity index (χ0) is 18.8. The van der Waals surface area contributed by atoms with Crippen molar-refractivity contribution in [1.29, 1.82) is 0 Å². The summed E-state index contributed by atoms with van der Waals surface area (Å²) in [6.07, 6.45) is 2.09. The fraction of sp³-hybridized carbons (Fsp3) is 0.667. The molecule has 26 heavy (non-hydrogen) atoms. The summed E-state index contributed by atoms with van der Waals surface area (Å²) >= 11 is 0. The molecule has 0 aliphatic carbocycles. The maximum absolute atomic E-state index is 12.4. The second-order valence-corrected chi connectivity index (χ2v) is 8.66. The van der Waals surface area contributed by atoms with E-state index in [4.69, 9.17) is 4.74 Å². The molecular formula is C21H33N3O2. The van der Waals surface area contributed by atoms with Gasteiger partial charge in [0.15, 0.2) is 0 Å². The van der Waals surface area contributed by atoms with E-state index in [1.54, 1.807) is 0 Å². The molecule has 144 valence electrons. The van der Waals surface area contributed by atoms with Gasteiger partial charge in [0.1, 0.15) is 5.60 Å². The average molecular weight is 360 g/mol. The van der Waals surface area contributed by atoms with Crippen LogP contribution in [0.5, 0.6) is 0 Å². The number of ether oxygens (including phenoxy) is 1. The highest BCUT2D eigenvalue weighted by Gasteiger charge is 2.42. The molecule has 0 aromatic heterocycles. The van der Waals surface area contributed by atoms with Gasteiger partial charge < -0.3 is 14.5 Å². The third kappa shape index (κ3) is 4.21. The normalized spacial score (nSPS) is 22.2. The summed E-state index contributed by atoms with van der Waals surface area (Å²) in [4.78, 5) is 19.2. The SMILES string of the molecule is CN1CCC(c2ccccc2)(N2CCN(C(=O)OC(C)(C)C)CC2)CC1. The Hall–Kier alpha value is -1.59. The van der Waals surface area contributed by atoms with Crippen LogP contribution in [0.15, 0.2) is 30.3 Å². The lowest BCUT2D eigenvalue weighted by Gasteiger charge is -2.51. The molecule has 0 radical (unpaired) electrons. The van der Waals surface area contributed by atoms with Crippen molar-refractivity contribution in [2.45, 2.75) is 44.8 Å². The Morgan fingerprint density at radius 3 is 2.08 bits per heavy atom. The molecule has 2 fully saturated rings. The van der Waals surface area contributed by atoms with Crippen LogP contribution in [0.25, 0.3) is 0 Å². The monoisotopic (exact) mass is 359 g/mol. The number of amides is 1. The predicted octanol–water partition coefficient (Wildman–Crippen LogP) is 3.16. The summed E-state index contributed by atoms with van der Waals surface area (Å²) in [6.45, 7) is 11.3. The van der Waals surface area contributed by atoms with Gasteiger partial charge in [-0.1, -0.05) is 30.3 Å². The second-order valence-electron chi connectivity index (χ2n) is 8.66. The summed E-state index contributed by atoms with van der Waals surface area (Å²) in [5, 5.41) is 0. The molecule has 0 atom stereocenters. The van der Waals surface area contributed by atoms with Gasteiger partial charge in [-0.2, -0.15) is 0 Å². The maximum Gasteiger partial charge on any atom is 0.410 e. The second kappa shape index (κ2) is 7.57. The molecule has 0 saturated carbocycles. The molecule has 0 unspecified atom stereocenters. The lowest BCUT2D eigenvalue weighted by Crippen LogP contribution is -2.59. The molecule has 1 aromatic carbocycles. The number of piperidine rings is 1. The summed E-state index contributed by atoms with van der Waals surface area (Å²) in [5.41, 5.74) is 1.07. The van der Waals surface area contributed by atoms with Crippen LogP contribution in [0, 0.1) is 0 Å². The minimum atomic E-state index is -0.437. The van der Waals surface area contributed by atoms with Crippen molar-refractivity contribution in [2.24, 2.45) is 0 Å². The van der Waals surface area contributed by atoms with E-state index in [1.165, 1.54) is 5.56 Å². The van der Waals surface area contributed by atoms with Gasteiger partial charge >= 0.3 is 6.09 Å². The summed E-state index contributed by atoms with van der Waals surface area (Å²) < 4.78 is 5.54. The van der Waals surface area contributed by atoms with E-state index in [0.717, 1.165) is 52.1 Å². The van der Waals surface area contributed by atoms with Gasteiger partial charge in [0.2, 0.25) is 0 Å². The number of rotatable bonds is 2. The van der Waals surface area contributed by atoms with Crippen LogP contribution >= 0.6 is 0 Å². The van der Waals surface area contributed by atoms with E-state index in [0.29, 0.717) is 0 Å². The molecule has 1 amide bonds. The number of nitrogens with zero attached hydrogens (tertiary/aromatic N) is 3. The highest BCUT2D eigenvalue weighted by atomic mass is 16.6. The largest absolute Gasteiger partial charge is 0.444 e. The zero-order valence-electron chi connectivity index (χ0n) is 16.7. The summed E-state index contributed by atoms with van der Waals surface area (Å²) in [5.74, 6) is 0. The first-order chi connectivity index (χ1) is 12.3. The maximum atomic E-state index is 12.4. The first-order valence-electron chi connectivity index (χ1n) is 9.77. The highest BCUT2D eigenvalue weighted by molar-refractivity contribution is 5.68. The van der Waals surface area contributed by atoms with Crippen LogP contribution in [0.3, 0.4) is 0 Å². The summed E-state index contributed by atoms with van der Waals surface area (Å²) in [6, 6.07) is 10.9. The van der Waals surface area contributed by atoms with E-state index in [2.05, 4.69) is 47.2 Å². The Morgan fingerprint density at radius 1 is 0.962 bits per heavy atom. The fourth-order valence-corrected chi connectivity index (χ4v) is 4.17. The van der Waals surface area contributed by atoms with Crippen LogP contribution in [0.2, 0.25) is 0 Å². The van der Waals surface area contributed by atoms with Crippen LogP contribution in [0.1, 0.15) is 39.2 Å². The van der Waals surface area contributed by atoms with Crippen molar-refractivity contribution in [2.75, 3.05) is 46.3 Å². The molecule has 2 heterocycles. The average Bonchev–Trinajstić information content (AvgIpc) is 2.62. The van der Waals surface area contributed by atoms with Gasteiger partial charge in [0.25, 0.3) is 0 Å². The number of carbonyl (C=O) groups excluding carboxylic acids is 1. The molecule has 2 saturated heterocycles. The number of carbonyl (C=O) groups is 1. The molecule has 0 bridgehead atoms.